The van der Waals surface area contributed by atoms with Crippen LogP contribution in [0.4, 0.5) is 0 Å². The van der Waals surface area contributed by atoms with Crippen LogP contribution in [0, 0.1) is 6.92 Å². The monoisotopic (exact) mass is 491 g/mol. The van der Waals surface area contributed by atoms with Gasteiger partial charge >= 0.3 is 0 Å². The second-order valence-electron chi connectivity index (χ2n) is 8.15. The van der Waals surface area contributed by atoms with Crippen molar-refractivity contribution in [3.8, 4) is 10.6 Å². The summed E-state index contributed by atoms with van der Waals surface area (Å²) in [6.07, 6.45) is 1.72. The van der Waals surface area contributed by atoms with Crippen molar-refractivity contribution >= 4 is 29.0 Å². The lowest BCUT2D eigenvalue weighted by Crippen LogP contribution is -2.48. The number of amides is 1. The van der Waals surface area contributed by atoms with Crippen LogP contribution in [0.25, 0.3) is 10.6 Å². The summed E-state index contributed by atoms with van der Waals surface area (Å²) in [4.78, 5) is 26.8. The van der Waals surface area contributed by atoms with Gasteiger partial charge < -0.3 is 9.42 Å². The van der Waals surface area contributed by atoms with Gasteiger partial charge in [0.1, 0.15) is 15.8 Å². The van der Waals surface area contributed by atoms with Crippen LogP contribution in [-0.2, 0) is 12.3 Å². The van der Waals surface area contributed by atoms with Crippen molar-refractivity contribution < 1.29 is 9.32 Å². The number of piperazine rings is 1. The maximum absolute atomic E-state index is 13.3. The van der Waals surface area contributed by atoms with Gasteiger partial charge in [0.2, 0.25) is 0 Å². The van der Waals surface area contributed by atoms with Gasteiger partial charge in [0.25, 0.3) is 5.91 Å². The molecule has 9 heteroatoms. The third kappa shape index (κ3) is 5.38. The maximum Gasteiger partial charge on any atom is 0.256 e. The van der Waals surface area contributed by atoms with Gasteiger partial charge in [-0.15, -0.1) is 11.3 Å². The van der Waals surface area contributed by atoms with Crippen LogP contribution in [0.3, 0.4) is 0 Å². The van der Waals surface area contributed by atoms with Gasteiger partial charge in [-0.3, -0.25) is 9.69 Å². The van der Waals surface area contributed by atoms with Crippen LogP contribution >= 0.6 is 23.1 Å². The fourth-order valence-corrected chi connectivity index (χ4v) is 5.58. The van der Waals surface area contributed by atoms with Crippen molar-refractivity contribution in [1.29, 1.82) is 0 Å². The Bertz CT molecular complexity index is 1250. The van der Waals surface area contributed by atoms with Crippen molar-refractivity contribution in [2.45, 2.75) is 24.2 Å². The van der Waals surface area contributed by atoms with Gasteiger partial charge in [-0.25, -0.2) is 9.97 Å². The molecule has 0 bridgehead atoms. The molecule has 34 heavy (non-hydrogen) atoms. The van der Waals surface area contributed by atoms with Crippen molar-refractivity contribution in [3.63, 3.8) is 0 Å². The third-order valence-corrected chi connectivity index (χ3v) is 7.63. The van der Waals surface area contributed by atoms with Gasteiger partial charge in [0.05, 0.1) is 17.0 Å². The standard InChI is InChI=1S/C25H25N5O2S2/c1-18-14-20(28-32-18)16-34-24-22(8-5-9-26-24)25(31)30-12-10-29(11-13-30)15-21-17-33-23(27-21)19-6-3-2-4-7-19/h2-9,14,17H,10-13,15-16H2,1H3. The van der Waals surface area contributed by atoms with Gasteiger partial charge in [0, 0.05) is 61.7 Å². The second kappa shape index (κ2) is 10.5. The first-order chi connectivity index (χ1) is 16.7. The summed E-state index contributed by atoms with van der Waals surface area (Å²) in [6, 6.07) is 15.8. The largest absolute Gasteiger partial charge is 0.361 e. The van der Waals surface area contributed by atoms with E-state index in [1.165, 1.54) is 11.8 Å². The van der Waals surface area contributed by atoms with E-state index in [1.54, 1.807) is 17.5 Å². The maximum atomic E-state index is 13.3. The average molecular weight is 492 g/mol. The van der Waals surface area contributed by atoms with E-state index in [1.807, 2.05) is 48.2 Å². The molecule has 1 amide bonds. The third-order valence-electron chi connectivity index (χ3n) is 5.65. The fraction of sp³-hybridized carbons (Fsp3) is 0.280. The van der Waals surface area contributed by atoms with E-state index in [2.05, 4.69) is 32.6 Å². The molecular formula is C25H25N5O2S2. The molecule has 0 N–H and O–H groups in total. The summed E-state index contributed by atoms with van der Waals surface area (Å²) in [7, 11) is 0. The molecule has 1 aliphatic rings. The number of aryl methyl sites for hydroxylation is 1. The van der Waals surface area contributed by atoms with E-state index in [4.69, 9.17) is 9.51 Å². The van der Waals surface area contributed by atoms with Crippen molar-refractivity contribution in [2.75, 3.05) is 26.2 Å². The molecule has 1 aliphatic heterocycles. The van der Waals surface area contributed by atoms with Crippen LogP contribution in [0.2, 0.25) is 0 Å². The topological polar surface area (TPSA) is 75.4 Å². The molecule has 1 saturated heterocycles. The smallest absolute Gasteiger partial charge is 0.256 e. The molecule has 1 fully saturated rings. The zero-order valence-corrected chi connectivity index (χ0v) is 20.5. The zero-order chi connectivity index (χ0) is 23.3. The van der Waals surface area contributed by atoms with Gasteiger partial charge in [-0.1, -0.05) is 47.3 Å². The number of thioether (sulfide) groups is 1. The Balaban J connectivity index is 1.17. The van der Waals surface area contributed by atoms with Crippen LogP contribution < -0.4 is 0 Å². The zero-order valence-electron chi connectivity index (χ0n) is 18.9. The molecule has 5 rings (SSSR count). The number of nitrogens with zero attached hydrogens (tertiary/aromatic N) is 5. The van der Waals surface area contributed by atoms with Gasteiger partial charge in [0.15, 0.2) is 0 Å². The molecule has 4 heterocycles. The molecule has 0 unspecified atom stereocenters. The summed E-state index contributed by atoms with van der Waals surface area (Å²) in [5.74, 6) is 1.42. The molecular weight excluding hydrogens is 466 g/mol. The number of hydrogen-bond donors (Lipinski definition) is 0. The number of thiazole rings is 1. The highest BCUT2D eigenvalue weighted by atomic mass is 32.2. The molecule has 1 aromatic carbocycles. The Hall–Kier alpha value is -3.01. The van der Waals surface area contributed by atoms with Crippen molar-refractivity contribution in [2.24, 2.45) is 0 Å². The summed E-state index contributed by atoms with van der Waals surface area (Å²) < 4.78 is 5.13. The molecule has 3 aromatic heterocycles. The van der Waals surface area contributed by atoms with E-state index in [0.717, 1.165) is 52.4 Å². The van der Waals surface area contributed by atoms with E-state index >= 15 is 0 Å². The van der Waals surface area contributed by atoms with Crippen molar-refractivity contribution in [3.05, 3.63) is 82.8 Å². The normalized spacial score (nSPS) is 14.4. The molecule has 0 spiro atoms. The number of hydrogen-bond acceptors (Lipinski definition) is 8. The number of carbonyl (C=O) groups is 1. The first-order valence-corrected chi connectivity index (χ1v) is 13.0. The highest BCUT2D eigenvalue weighted by molar-refractivity contribution is 7.98. The number of carbonyl (C=O) groups excluding carboxylic acids is 1. The van der Waals surface area contributed by atoms with E-state index in [0.29, 0.717) is 24.4 Å². The molecule has 4 aromatic rings. The number of pyridine rings is 1. The van der Waals surface area contributed by atoms with E-state index in [9.17, 15) is 4.79 Å². The molecule has 7 nitrogen and oxygen atoms in total. The molecule has 0 atom stereocenters. The van der Waals surface area contributed by atoms with Crippen LogP contribution in [0.15, 0.2) is 69.7 Å². The quantitative estimate of drug-likeness (QED) is 0.345. The molecule has 0 saturated carbocycles. The van der Waals surface area contributed by atoms with Crippen LogP contribution in [-0.4, -0.2) is 57.0 Å². The average Bonchev–Trinajstić information content (AvgIpc) is 3.52. The Morgan fingerprint density at radius 2 is 1.91 bits per heavy atom. The molecule has 174 valence electrons. The lowest BCUT2D eigenvalue weighted by Gasteiger charge is -2.34. The lowest BCUT2D eigenvalue weighted by atomic mass is 10.2. The lowest BCUT2D eigenvalue weighted by molar-refractivity contribution is 0.0623. The van der Waals surface area contributed by atoms with E-state index < -0.39 is 0 Å². The second-order valence-corrected chi connectivity index (χ2v) is 9.97. The predicted octanol–water partition coefficient (Wildman–Crippen LogP) is 4.75. The highest BCUT2D eigenvalue weighted by Gasteiger charge is 2.25. The Morgan fingerprint density at radius 1 is 1.09 bits per heavy atom. The summed E-state index contributed by atoms with van der Waals surface area (Å²) in [5.41, 5.74) is 3.72. The number of aromatic nitrogens is 3. The summed E-state index contributed by atoms with van der Waals surface area (Å²) >= 11 is 3.19. The molecule has 0 radical (unpaired) electrons. The van der Waals surface area contributed by atoms with Crippen LogP contribution in [0.1, 0.15) is 27.5 Å². The molecule has 0 aliphatic carbocycles. The SMILES string of the molecule is Cc1cc(CSc2ncccc2C(=O)N2CCN(Cc3csc(-c4ccccc4)n3)CC2)no1. The van der Waals surface area contributed by atoms with E-state index in [-0.39, 0.29) is 5.91 Å². The fourth-order valence-electron chi connectivity index (χ4n) is 3.90. The first-order valence-electron chi connectivity index (χ1n) is 11.2. The summed E-state index contributed by atoms with van der Waals surface area (Å²) in [5, 5.41) is 7.94. The highest BCUT2D eigenvalue weighted by Crippen LogP contribution is 2.26. The van der Waals surface area contributed by atoms with Crippen LogP contribution in [0.5, 0.6) is 0 Å². The Labute approximate surface area is 206 Å². The minimum atomic E-state index is 0.0339. The minimum Gasteiger partial charge on any atom is -0.361 e. The van der Waals surface area contributed by atoms with Gasteiger partial charge in [-0.2, -0.15) is 0 Å². The first kappa shape index (κ1) is 22.8. The van der Waals surface area contributed by atoms with Crippen molar-refractivity contribution in [1.82, 2.24) is 24.9 Å². The predicted molar refractivity (Wildman–Crippen MR) is 134 cm³/mol. The number of benzene rings is 1. The Morgan fingerprint density at radius 3 is 2.68 bits per heavy atom. The number of rotatable bonds is 7. The minimum absolute atomic E-state index is 0.0339. The summed E-state index contributed by atoms with van der Waals surface area (Å²) in [6.45, 7) is 5.70. The van der Waals surface area contributed by atoms with Gasteiger partial charge in [-0.05, 0) is 19.1 Å². The Kier molecular flexibility index (Phi) is 7.03.